The molecule has 1 saturated carbocycles. The molecular formula is C15H15ClF3N3O. The lowest BCUT2D eigenvalue weighted by atomic mass is 9.77. The molecule has 1 aliphatic rings. The number of halogens is 4. The molecule has 1 fully saturated rings. The van der Waals surface area contributed by atoms with Crippen molar-refractivity contribution in [1.29, 1.82) is 0 Å². The van der Waals surface area contributed by atoms with Gasteiger partial charge in [0.25, 0.3) is 5.89 Å². The number of alkyl halides is 3. The highest BCUT2D eigenvalue weighted by molar-refractivity contribution is 5.85. The number of aromatic nitrogens is 2. The van der Waals surface area contributed by atoms with Gasteiger partial charge in [0.1, 0.15) is 0 Å². The van der Waals surface area contributed by atoms with Gasteiger partial charge in [-0.1, -0.05) is 17.3 Å². The Bertz CT molecular complexity index is 691. The molecule has 1 heterocycles. The minimum atomic E-state index is -4.33. The lowest BCUT2D eigenvalue weighted by Crippen LogP contribution is -2.44. The maximum atomic E-state index is 12.5. The third-order valence-electron chi connectivity index (χ3n) is 3.79. The van der Waals surface area contributed by atoms with Crippen molar-refractivity contribution in [3.63, 3.8) is 0 Å². The third kappa shape index (κ3) is 3.73. The maximum Gasteiger partial charge on any atom is 0.416 e. The Morgan fingerprint density at radius 1 is 1.13 bits per heavy atom. The van der Waals surface area contributed by atoms with Gasteiger partial charge in [-0.2, -0.15) is 18.2 Å². The zero-order valence-electron chi connectivity index (χ0n) is 12.0. The summed E-state index contributed by atoms with van der Waals surface area (Å²) in [6.07, 6.45) is 1.54. The monoisotopic (exact) mass is 345 g/mol. The van der Waals surface area contributed by atoms with Crippen molar-refractivity contribution in [2.45, 2.75) is 31.0 Å². The lowest BCUT2D eigenvalue weighted by molar-refractivity contribution is -0.137. The molecule has 124 valence electrons. The van der Waals surface area contributed by atoms with Crippen LogP contribution in [0, 0.1) is 0 Å². The zero-order valence-corrected chi connectivity index (χ0v) is 12.8. The Kier molecular flexibility index (Phi) is 4.81. The van der Waals surface area contributed by atoms with Crippen LogP contribution in [0.2, 0.25) is 0 Å². The molecule has 0 spiro atoms. The molecule has 3 rings (SSSR count). The SMILES string of the molecule is Cl.NC1(c2noc(/C=C/c3ccc(C(F)(F)F)cc3)n2)CCC1. The molecule has 1 aliphatic carbocycles. The van der Waals surface area contributed by atoms with E-state index in [9.17, 15) is 13.2 Å². The second-order valence-corrected chi connectivity index (χ2v) is 5.42. The molecule has 23 heavy (non-hydrogen) atoms. The molecule has 0 atom stereocenters. The number of benzene rings is 1. The Morgan fingerprint density at radius 3 is 2.30 bits per heavy atom. The van der Waals surface area contributed by atoms with Crippen LogP contribution >= 0.6 is 12.4 Å². The van der Waals surface area contributed by atoms with E-state index in [2.05, 4.69) is 10.1 Å². The van der Waals surface area contributed by atoms with Crippen molar-refractivity contribution in [1.82, 2.24) is 10.1 Å². The fourth-order valence-corrected chi connectivity index (χ4v) is 2.24. The van der Waals surface area contributed by atoms with Crippen LogP contribution in [0.1, 0.15) is 42.1 Å². The van der Waals surface area contributed by atoms with Crippen LogP contribution in [0.3, 0.4) is 0 Å². The van der Waals surface area contributed by atoms with E-state index in [1.54, 1.807) is 12.2 Å². The molecule has 1 aromatic heterocycles. The zero-order chi connectivity index (χ0) is 15.8. The molecule has 0 radical (unpaired) electrons. The molecule has 0 unspecified atom stereocenters. The molecule has 1 aromatic carbocycles. The highest BCUT2D eigenvalue weighted by Crippen LogP contribution is 2.37. The molecule has 2 aromatic rings. The van der Waals surface area contributed by atoms with Gasteiger partial charge in [0, 0.05) is 6.08 Å². The van der Waals surface area contributed by atoms with E-state index in [1.165, 1.54) is 12.1 Å². The van der Waals surface area contributed by atoms with E-state index in [0.717, 1.165) is 31.4 Å². The summed E-state index contributed by atoms with van der Waals surface area (Å²) < 4.78 is 42.5. The summed E-state index contributed by atoms with van der Waals surface area (Å²) in [7, 11) is 0. The fraction of sp³-hybridized carbons (Fsp3) is 0.333. The van der Waals surface area contributed by atoms with Crippen LogP contribution in [-0.4, -0.2) is 10.1 Å². The topological polar surface area (TPSA) is 64.9 Å². The molecule has 0 bridgehead atoms. The molecule has 2 N–H and O–H groups in total. The number of nitrogens with two attached hydrogens (primary N) is 1. The van der Waals surface area contributed by atoms with Gasteiger partial charge >= 0.3 is 6.18 Å². The first-order valence-corrected chi connectivity index (χ1v) is 6.85. The van der Waals surface area contributed by atoms with Gasteiger partial charge < -0.3 is 10.3 Å². The minimum absolute atomic E-state index is 0. The lowest BCUT2D eigenvalue weighted by Gasteiger charge is -2.34. The summed E-state index contributed by atoms with van der Waals surface area (Å²) in [5.41, 5.74) is 5.52. The van der Waals surface area contributed by atoms with Gasteiger partial charge in [0.2, 0.25) is 0 Å². The summed E-state index contributed by atoms with van der Waals surface area (Å²) in [4.78, 5) is 4.21. The summed E-state index contributed by atoms with van der Waals surface area (Å²) in [5.74, 6) is 0.762. The quantitative estimate of drug-likeness (QED) is 0.912. The fourth-order valence-electron chi connectivity index (χ4n) is 2.24. The molecular weight excluding hydrogens is 331 g/mol. The highest BCUT2D eigenvalue weighted by atomic mass is 35.5. The third-order valence-corrected chi connectivity index (χ3v) is 3.79. The predicted molar refractivity (Wildman–Crippen MR) is 81.6 cm³/mol. The number of hydrogen-bond donors (Lipinski definition) is 1. The van der Waals surface area contributed by atoms with E-state index >= 15 is 0 Å². The summed E-state index contributed by atoms with van der Waals surface area (Å²) in [5, 5.41) is 3.86. The Labute approximate surface area is 137 Å². The van der Waals surface area contributed by atoms with E-state index in [-0.39, 0.29) is 18.3 Å². The van der Waals surface area contributed by atoms with Crippen LogP contribution in [-0.2, 0) is 11.7 Å². The first kappa shape index (κ1) is 17.5. The van der Waals surface area contributed by atoms with Crippen molar-refractivity contribution < 1.29 is 17.7 Å². The molecule has 0 amide bonds. The van der Waals surface area contributed by atoms with Gasteiger partial charge in [0.05, 0.1) is 11.1 Å². The van der Waals surface area contributed by atoms with Crippen LogP contribution < -0.4 is 5.73 Å². The van der Waals surface area contributed by atoms with Gasteiger partial charge in [0.15, 0.2) is 5.82 Å². The first-order valence-electron chi connectivity index (χ1n) is 6.85. The normalized spacial score (nSPS) is 16.9. The van der Waals surface area contributed by atoms with E-state index in [1.807, 2.05) is 0 Å². The van der Waals surface area contributed by atoms with Crippen LogP contribution in [0.5, 0.6) is 0 Å². The summed E-state index contributed by atoms with van der Waals surface area (Å²) in [6, 6.07) is 4.82. The Hall–Kier alpha value is -1.86. The summed E-state index contributed by atoms with van der Waals surface area (Å²) >= 11 is 0. The molecule has 8 heteroatoms. The Balaban J connectivity index is 0.00000192. The van der Waals surface area contributed by atoms with Crippen molar-refractivity contribution in [2.24, 2.45) is 5.73 Å². The van der Waals surface area contributed by atoms with E-state index in [0.29, 0.717) is 11.4 Å². The predicted octanol–water partition coefficient (Wildman–Crippen LogP) is 4.02. The number of rotatable bonds is 3. The van der Waals surface area contributed by atoms with Gasteiger partial charge in [-0.05, 0) is 43.0 Å². The average molecular weight is 346 g/mol. The maximum absolute atomic E-state index is 12.5. The first-order chi connectivity index (χ1) is 10.4. The van der Waals surface area contributed by atoms with Crippen LogP contribution in [0.4, 0.5) is 13.2 Å². The molecule has 0 saturated heterocycles. The second-order valence-electron chi connectivity index (χ2n) is 5.42. The number of nitrogens with zero attached hydrogens (tertiary/aromatic N) is 2. The molecule has 4 nitrogen and oxygen atoms in total. The smallest absolute Gasteiger partial charge is 0.335 e. The Morgan fingerprint density at radius 2 is 1.78 bits per heavy atom. The van der Waals surface area contributed by atoms with Gasteiger partial charge in [-0.3, -0.25) is 0 Å². The van der Waals surface area contributed by atoms with E-state index < -0.39 is 17.3 Å². The minimum Gasteiger partial charge on any atom is -0.335 e. The second kappa shape index (κ2) is 6.33. The van der Waals surface area contributed by atoms with Crippen molar-refractivity contribution in [3.8, 4) is 0 Å². The van der Waals surface area contributed by atoms with Gasteiger partial charge in [-0.15, -0.1) is 12.4 Å². The van der Waals surface area contributed by atoms with Crippen molar-refractivity contribution >= 4 is 24.6 Å². The standard InChI is InChI=1S/C15H14F3N3O.ClH/c16-15(17,18)11-5-2-10(3-6-11)4-7-12-20-13(21-22-12)14(19)8-1-9-14;/h2-7H,1,8-9,19H2;1H/b7-4+;. The van der Waals surface area contributed by atoms with Gasteiger partial charge in [-0.25, -0.2) is 0 Å². The largest absolute Gasteiger partial charge is 0.416 e. The van der Waals surface area contributed by atoms with Crippen LogP contribution in [0.25, 0.3) is 12.2 Å². The highest BCUT2D eigenvalue weighted by Gasteiger charge is 2.38. The van der Waals surface area contributed by atoms with Crippen molar-refractivity contribution in [2.75, 3.05) is 0 Å². The van der Waals surface area contributed by atoms with Crippen LogP contribution in [0.15, 0.2) is 28.8 Å². The number of hydrogen-bond acceptors (Lipinski definition) is 4. The summed E-state index contributed by atoms with van der Waals surface area (Å²) in [6.45, 7) is 0. The van der Waals surface area contributed by atoms with Crippen molar-refractivity contribution in [3.05, 3.63) is 47.1 Å². The average Bonchev–Trinajstić information content (AvgIpc) is 2.91. The molecule has 0 aliphatic heterocycles. The van der Waals surface area contributed by atoms with E-state index in [4.69, 9.17) is 10.3 Å².